The highest BCUT2D eigenvalue weighted by Crippen LogP contribution is 2.27. The minimum Gasteiger partial charge on any atom is -0.499 e. The summed E-state index contributed by atoms with van der Waals surface area (Å²) in [7, 11) is 0. The number of fused-ring (bicyclic) bond motifs is 1. The lowest BCUT2D eigenvalue weighted by molar-refractivity contribution is -0.130. The summed E-state index contributed by atoms with van der Waals surface area (Å²) >= 11 is 0. The van der Waals surface area contributed by atoms with Gasteiger partial charge in [-0.1, -0.05) is 43.3 Å². The molecule has 0 bridgehead atoms. The zero-order chi connectivity index (χ0) is 30.1. The van der Waals surface area contributed by atoms with Crippen LogP contribution < -0.4 is 10.6 Å². The molecule has 2 aromatic carbocycles. The summed E-state index contributed by atoms with van der Waals surface area (Å²) in [6, 6.07) is 13.6. The Labute approximate surface area is 246 Å². The number of hydrogen-bond donors (Lipinski definition) is 3. The van der Waals surface area contributed by atoms with Crippen molar-refractivity contribution in [3.63, 3.8) is 0 Å². The third-order valence-electron chi connectivity index (χ3n) is 7.37. The van der Waals surface area contributed by atoms with Crippen LogP contribution in [0.1, 0.15) is 60.2 Å². The maximum atomic E-state index is 13.3. The van der Waals surface area contributed by atoms with Gasteiger partial charge in [0, 0.05) is 55.8 Å². The van der Waals surface area contributed by atoms with Crippen LogP contribution >= 0.6 is 0 Å². The van der Waals surface area contributed by atoms with Gasteiger partial charge in [0.1, 0.15) is 0 Å². The van der Waals surface area contributed by atoms with Crippen molar-refractivity contribution in [2.75, 3.05) is 38.1 Å². The maximum absolute atomic E-state index is 13.3. The van der Waals surface area contributed by atoms with E-state index in [1.165, 1.54) is 11.1 Å². The summed E-state index contributed by atoms with van der Waals surface area (Å²) in [5.41, 5.74) is 1.90. The third-order valence-corrected chi connectivity index (χ3v) is 7.37. The number of anilines is 1. The number of aromatic amines is 1. The summed E-state index contributed by atoms with van der Waals surface area (Å²) in [4.78, 5) is 58.3. The number of carbonyl (C=O) groups is 4. The molecule has 0 saturated carbocycles. The molecule has 0 aliphatic carbocycles. The highest BCUT2D eigenvalue weighted by molar-refractivity contribution is 6.45. The zero-order valence-corrected chi connectivity index (χ0v) is 24.3. The van der Waals surface area contributed by atoms with Crippen molar-refractivity contribution in [3.05, 3.63) is 78.2 Å². The fourth-order valence-corrected chi connectivity index (χ4v) is 5.17. The average molecular weight is 574 g/mol. The molecule has 3 aromatic rings. The van der Waals surface area contributed by atoms with Gasteiger partial charge in [-0.25, -0.2) is 4.79 Å². The monoisotopic (exact) mass is 573 g/mol. The standard InChI is InChI=1S/C32H39N5O5/c1-4-42-23(3)12-7-6-10-17-33-32(41)35-27-16-11-15-25-26(20-34-28(25)27)29(38)31(40)37-19-18-36(21-22(37)2)30(39)24-13-8-5-9-14-24/h5,8-9,11,13-16,20,22,34H,3-4,6-7,10,12,17-19,21H2,1-2H3,(H2,33,35,41)/t22-/m1/s1. The van der Waals surface area contributed by atoms with Crippen molar-refractivity contribution in [2.45, 2.75) is 45.6 Å². The molecule has 1 aliphatic rings. The molecule has 1 aliphatic heterocycles. The predicted molar refractivity (Wildman–Crippen MR) is 162 cm³/mol. The van der Waals surface area contributed by atoms with Gasteiger partial charge < -0.3 is 30.2 Å². The second-order valence-electron chi connectivity index (χ2n) is 10.4. The van der Waals surface area contributed by atoms with Gasteiger partial charge in [-0.05, 0) is 44.9 Å². The van der Waals surface area contributed by atoms with Crippen LogP contribution in [0, 0.1) is 0 Å². The van der Waals surface area contributed by atoms with Crippen molar-refractivity contribution >= 4 is 40.2 Å². The number of ketones is 1. The number of H-pyrrole nitrogens is 1. The van der Waals surface area contributed by atoms with E-state index in [4.69, 9.17) is 4.74 Å². The number of hydrogen-bond acceptors (Lipinski definition) is 5. The fraction of sp³-hybridized carbons (Fsp3) is 0.375. The molecule has 0 radical (unpaired) electrons. The molecule has 10 heteroatoms. The smallest absolute Gasteiger partial charge is 0.319 e. The van der Waals surface area contributed by atoms with Crippen LogP contribution in [-0.2, 0) is 9.53 Å². The number of ether oxygens (including phenoxy) is 1. The van der Waals surface area contributed by atoms with Crippen LogP contribution in [0.3, 0.4) is 0 Å². The van der Waals surface area contributed by atoms with Gasteiger partial charge in [-0.3, -0.25) is 14.4 Å². The molecule has 0 unspecified atom stereocenters. The number of nitrogens with zero attached hydrogens (tertiary/aromatic N) is 2. The topological polar surface area (TPSA) is 124 Å². The van der Waals surface area contributed by atoms with E-state index in [2.05, 4.69) is 22.2 Å². The minimum atomic E-state index is -0.635. The first-order valence-corrected chi connectivity index (χ1v) is 14.4. The zero-order valence-electron chi connectivity index (χ0n) is 24.3. The summed E-state index contributed by atoms with van der Waals surface area (Å²) in [6.45, 7) is 9.73. The first-order valence-electron chi connectivity index (χ1n) is 14.4. The molecule has 4 amide bonds. The molecule has 1 fully saturated rings. The number of nitrogens with one attached hydrogen (secondary N) is 3. The van der Waals surface area contributed by atoms with E-state index in [1.807, 2.05) is 32.0 Å². The Morgan fingerprint density at radius 3 is 2.55 bits per heavy atom. The summed E-state index contributed by atoms with van der Waals surface area (Å²) in [6.07, 6.45) is 5.02. The average Bonchev–Trinajstić information content (AvgIpc) is 3.43. The number of urea groups is 1. The molecule has 1 aromatic heterocycles. The lowest BCUT2D eigenvalue weighted by Crippen LogP contribution is -2.56. The number of para-hydroxylation sites is 1. The van der Waals surface area contributed by atoms with Crippen LogP contribution in [-0.4, -0.2) is 77.2 Å². The Morgan fingerprint density at radius 1 is 1.02 bits per heavy atom. The van der Waals surface area contributed by atoms with Crippen molar-refractivity contribution in [1.29, 1.82) is 0 Å². The molecular weight excluding hydrogens is 534 g/mol. The molecule has 1 atom stereocenters. The van der Waals surface area contributed by atoms with Gasteiger partial charge in [0.05, 0.1) is 29.1 Å². The Morgan fingerprint density at radius 2 is 1.81 bits per heavy atom. The van der Waals surface area contributed by atoms with Gasteiger partial charge in [0.2, 0.25) is 0 Å². The molecular formula is C32H39N5O5. The van der Waals surface area contributed by atoms with Gasteiger partial charge in [-0.15, -0.1) is 0 Å². The number of piperazine rings is 1. The van der Waals surface area contributed by atoms with Gasteiger partial charge in [0.25, 0.3) is 17.6 Å². The van der Waals surface area contributed by atoms with Crippen LogP contribution in [0.25, 0.3) is 10.9 Å². The van der Waals surface area contributed by atoms with Crippen molar-refractivity contribution in [2.24, 2.45) is 0 Å². The molecule has 2 heterocycles. The molecule has 222 valence electrons. The normalized spacial score (nSPS) is 14.9. The van der Waals surface area contributed by atoms with E-state index in [0.29, 0.717) is 48.4 Å². The Bertz CT molecular complexity index is 1430. The lowest BCUT2D eigenvalue weighted by Gasteiger charge is -2.39. The lowest BCUT2D eigenvalue weighted by atomic mass is 10.1. The first kappa shape index (κ1) is 30.4. The van der Waals surface area contributed by atoms with Crippen LogP contribution in [0.5, 0.6) is 0 Å². The summed E-state index contributed by atoms with van der Waals surface area (Å²) in [5, 5.41) is 6.23. The highest BCUT2D eigenvalue weighted by Gasteiger charge is 2.34. The predicted octanol–water partition coefficient (Wildman–Crippen LogP) is 4.96. The highest BCUT2D eigenvalue weighted by atomic mass is 16.5. The van der Waals surface area contributed by atoms with E-state index in [-0.39, 0.29) is 30.1 Å². The Hall–Kier alpha value is -4.60. The van der Waals surface area contributed by atoms with Crippen LogP contribution in [0.2, 0.25) is 0 Å². The van der Waals surface area contributed by atoms with Crippen molar-refractivity contribution in [1.82, 2.24) is 20.1 Å². The molecule has 42 heavy (non-hydrogen) atoms. The molecule has 0 spiro atoms. The number of amides is 4. The van der Waals surface area contributed by atoms with Gasteiger partial charge in [0.15, 0.2) is 0 Å². The largest absolute Gasteiger partial charge is 0.499 e. The van der Waals surface area contributed by atoms with E-state index in [9.17, 15) is 19.2 Å². The van der Waals surface area contributed by atoms with E-state index in [0.717, 1.165) is 31.4 Å². The number of carbonyl (C=O) groups excluding carboxylic acids is 4. The summed E-state index contributed by atoms with van der Waals surface area (Å²) < 4.78 is 5.35. The second kappa shape index (κ2) is 14.3. The third kappa shape index (κ3) is 7.37. The van der Waals surface area contributed by atoms with E-state index < -0.39 is 11.7 Å². The number of rotatable bonds is 12. The number of Topliss-reactive ketones (excluding diaryl/α,β-unsaturated/α-hetero) is 1. The summed E-state index contributed by atoms with van der Waals surface area (Å²) in [5.74, 6) is -0.555. The first-order chi connectivity index (χ1) is 20.3. The molecule has 1 saturated heterocycles. The van der Waals surface area contributed by atoms with Gasteiger partial charge in [-0.2, -0.15) is 0 Å². The van der Waals surface area contributed by atoms with Crippen LogP contribution in [0.4, 0.5) is 10.5 Å². The molecule has 10 nitrogen and oxygen atoms in total. The molecule has 4 rings (SSSR count). The number of benzene rings is 2. The number of aromatic nitrogens is 1. The maximum Gasteiger partial charge on any atom is 0.319 e. The van der Waals surface area contributed by atoms with E-state index >= 15 is 0 Å². The van der Waals surface area contributed by atoms with E-state index in [1.54, 1.807) is 35.2 Å². The fourth-order valence-electron chi connectivity index (χ4n) is 5.17. The van der Waals surface area contributed by atoms with Crippen LogP contribution in [0.15, 0.2) is 67.1 Å². The Balaban J connectivity index is 1.32. The SMILES string of the molecule is C=C(CCCCCNC(=O)Nc1cccc2c(C(=O)C(=O)N3CCN(C(=O)c4ccccc4)C[C@H]3C)c[nH]c12)OCC. The van der Waals surface area contributed by atoms with Gasteiger partial charge >= 0.3 is 6.03 Å². The minimum absolute atomic E-state index is 0.0923. The van der Waals surface area contributed by atoms with Crippen molar-refractivity contribution in [3.8, 4) is 0 Å². The quantitative estimate of drug-likeness (QED) is 0.122. The Kier molecular flexibility index (Phi) is 10.4. The number of unbranched alkanes of at least 4 members (excludes halogenated alkanes) is 2. The molecule has 3 N–H and O–H groups in total. The number of allylic oxidation sites excluding steroid dienone is 1. The van der Waals surface area contributed by atoms with Crippen molar-refractivity contribution < 1.29 is 23.9 Å². The second-order valence-corrected chi connectivity index (χ2v) is 10.4.